The Balaban J connectivity index is 1.74. The number of hydrogen-bond acceptors (Lipinski definition) is 5. The molecule has 1 N–H and O–H groups in total. The van der Waals surface area contributed by atoms with Crippen molar-refractivity contribution in [3.05, 3.63) is 23.8 Å². The van der Waals surface area contributed by atoms with E-state index >= 15 is 0 Å². The van der Waals surface area contributed by atoms with E-state index in [1.165, 1.54) is 12.8 Å². The Bertz CT molecular complexity index is 723. The molecule has 2 fully saturated rings. The van der Waals surface area contributed by atoms with Crippen molar-refractivity contribution in [1.82, 2.24) is 10.2 Å². The van der Waals surface area contributed by atoms with E-state index in [9.17, 15) is 9.59 Å². The molecule has 6 nitrogen and oxygen atoms in total. The molecule has 1 saturated carbocycles. The van der Waals surface area contributed by atoms with Crippen LogP contribution >= 0.6 is 11.8 Å². The van der Waals surface area contributed by atoms with Crippen LogP contribution < -0.4 is 14.8 Å². The van der Waals surface area contributed by atoms with E-state index in [1.807, 2.05) is 23.1 Å². The summed E-state index contributed by atoms with van der Waals surface area (Å²) in [5, 5.41) is 2.87. The van der Waals surface area contributed by atoms with Crippen molar-refractivity contribution >= 4 is 23.6 Å². The minimum atomic E-state index is -0.419. The highest BCUT2D eigenvalue weighted by atomic mass is 32.2. The zero-order valence-electron chi connectivity index (χ0n) is 17.6. The number of methoxy groups -OCH3 is 2. The Kier molecular flexibility index (Phi) is 7.70. The van der Waals surface area contributed by atoms with Crippen molar-refractivity contribution in [3.63, 3.8) is 0 Å². The van der Waals surface area contributed by atoms with Crippen LogP contribution in [0.3, 0.4) is 0 Å². The fraction of sp³-hybridized carbons (Fsp3) is 0.636. The number of unbranched alkanes of at least 4 members (excludes halogenated alkanes) is 3. The molecule has 2 aliphatic rings. The van der Waals surface area contributed by atoms with Crippen LogP contribution in [0.2, 0.25) is 0 Å². The number of benzene rings is 1. The van der Waals surface area contributed by atoms with E-state index in [-0.39, 0.29) is 23.1 Å². The number of nitrogens with zero attached hydrogens (tertiary/aromatic N) is 1. The third-order valence-corrected chi connectivity index (χ3v) is 6.83. The van der Waals surface area contributed by atoms with E-state index < -0.39 is 6.04 Å². The maximum atomic E-state index is 13.1. The molecule has 3 rings (SSSR count). The zero-order chi connectivity index (χ0) is 20.8. The van der Waals surface area contributed by atoms with Gasteiger partial charge in [0.15, 0.2) is 11.5 Å². The van der Waals surface area contributed by atoms with E-state index in [4.69, 9.17) is 9.47 Å². The lowest BCUT2D eigenvalue weighted by atomic mass is 10.1. The fourth-order valence-corrected chi connectivity index (χ4v) is 5.09. The summed E-state index contributed by atoms with van der Waals surface area (Å²) < 4.78 is 10.8. The number of carbonyl (C=O) groups excluding carboxylic acids is 2. The van der Waals surface area contributed by atoms with Crippen LogP contribution in [0, 0.1) is 5.92 Å². The van der Waals surface area contributed by atoms with E-state index in [2.05, 4.69) is 12.2 Å². The Morgan fingerprint density at radius 2 is 1.90 bits per heavy atom. The van der Waals surface area contributed by atoms with Crippen molar-refractivity contribution in [2.24, 2.45) is 5.92 Å². The molecule has 1 heterocycles. The molecule has 0 radical (unpaired) electrons. The summed E-state index contributed by atoms with van der Waals surface area (Å²) in [6, 6.07) is 5.30. The van der Waals surface area contributed by atoms with Crippen LogP contribution in [-0.2, 0) is 9.59 Å². The molecule has 2 atom stereocenters. The van der Waals surface area contributed by atoms with Gasteiger partial charge < -0.3 is 19.7 Å². The first-order chi connectivity index (χ1) is 14.1. The topological polar surface area (TPSA) is 67.9 Å². The monoisotopic (exact) mass is 420 g/mol. The third kappa shape index (κ3) is 5.18. The van der Waals surface area contributed by atoms with Crippen molar-refractivity contribution in [1.29, 1.82) is 0 Å². The first-order valence-corrected chi connectivity index (χ1v) is 11.6. The van der Waals surface area contributed by atoms with Gasteiger partial charge in [0.2, 0.25) is 11.8 Å². The Labute approximate surface area is 177 Å². The normalized spacial score (nSPS) is 21.1. The highest BCUT2D eigenvalue weighted by molar-refractivity contribution is 7.99. The molecule has 1 aliphatic heterocycles. The third-order valence-electron chi connectivity index (χ3n) is 5.51. The highest BCUT2D eigenvalue weighted by Gasteiger charge is 2.46. The lowest BCUT2D eigenvalue weighted by Crippen LogP contribution is -2.48. The fourth-order valence-electron chi connectivity index (χ4n) is 3.66. The molecule has 2 unspecified atom stereocenters. The first kappa shape index (κ1) is 21.8. The molecule has 0 aromatic heterocycles. The lowest BCUT2D eigenvalue weighted by Gasteiger charge is -2.29. The summed E-state index contributed by atoms with van der Waals surface area (Å²) in [5.74, 6) is 2.02. The van der Waals surface area contributed by atoms with E-state index in [0.717, 1.165) is 31.2 Å². The number of thioether (sulfide) groups is 1. The summed E-state index contributed by atoms with van der Waals surface area (Å²) in [6.07, 6.45) is 6.30. The van der Waals surface area contributed by atoms with Gasteiger partial charge in [-0.25, -0.2) is 0 Å². The van der Waals surface area contributed by atoms with Crippen LogP contribution in [0.25, 0.3) is 0 Å². The molecule has 2 amide bonds. The van der Waals surface area contributed by atoms with Crippen molar-refractivity contribution < 1.29 is 19.1 Å². The average Bonchev–Trinajstić information content (AvgIpc) is 3.50. The Morgan fingerprint density at radius 3 is 2.55 bits per heavy atom. The van der Waals surface area contributed by atoms with Crippen LogP contribution in [-0.4, -0.2) is 49.3 Å². The highest BCUT2D eigenvalue weighted by Crippen LogP contribution is 2.46. The largest absolute Gasteiger partial charge is 0.493 e. The van der Waals surface area contributed by atoms with Crippen LogP contribution in [0.5, 0.6) is 11.5 Å². The second-order valence-electron chi connectivity index (χ2n) is 7.69. The van der Waals surface area contributed by atoms with Crippen LogP contribution in [0.15, 0.2) is 18.2 Å². The number of nitrogens with one attached hydrogen (secondary N) is 1. The van der Waals surface area contributed by atoms with E-state index in [1.54, 1.807) is 26.0 Å². The van der Waals surface area contributed by atoms with E-state index in [0.29, 0.717) is 23.8 Å². The molecule has 1 aromatic rings. The van der Waals surface area contributed by atoms with Crippen LogP contribution in [0.1, 0.15) is 56.4 Å². The summed E-state index contributed by atoms with van der Waals surface area (Å²) in [4.78, 5) is 27.8. The van der Waals surface area contributed by atoms with Gasteiger partial charge in [-0.15, -0.1) is 11.8 Å². The minimum absolute atomic E-state index is 0.0361. The van der Waals surface area contributed by atoms with Gasteiger partial charge in [-0.2, -0.15) is 0 Å². The number of carbonyl (C=O) groups is 2. The molecule has 1 saturated heterocycles. The van der Waals surface area contributed by atoms with Gasteiger partial charge in [0.05, 0.1) is 14.2 Å². The van der Waals surface area contributed by atoms with Crippen molar-refractivity contribution in [2.45, 2.75) is 56.9 Å². The molecule has 160 valence electrons. The Morgan fingerprint density at radius 1 is 1.14 bits per heavy atom. The predicted molar refractivity (Wildman–Crippen MR) is 115 cm³/mol. The molecule has 1 aromatic carbocycles. The minimum Gasteiger partial charge on any atom is -0.493 e. The molecule has 7 heteroatoms. The van der Waals surface area contributed by atoms with Gasteiger partial charge in [0.1, 0.15) is 11.4 Å². The Hall–Kier alpha value is -1.89. The number of amides is 2. The van der Waals surface area contributed by atoms with Gasteiger partial charge in [-0.3, -0.25) is 9.59 Å². The van der Waals surface area contributed by atoms with Gasteiger partial charge in [-0.05, 0) is 37.0 Å². The summed E-state index contributed by atoms with van der Waals surface area (Å²) >= 11 is 1.64. The second kappa shape index (κ2) is 10.2. The van der Waals surface area contributed by atoms with Crippen molar-refractivity contribution in [3.8, 4) is 11.5 Å². The standard InChI is InChI=1S/C22H32N2O4S/c1-4-5-6-7-12-23-20(25)17-14-29-22(24(17)21(26)15-8-9-15)16-10-11-18(27-2)19(13-16)28-3/h10-11,13,15,17,22H,4-9,12,14H2,1-3H3,(H,23,25). The summed E-state index contributed by atoms with van der Waals surface area (Å²) in [5.41, 5.74) is 0.958. The molecule has 29 heavy (non-hydrogen) atoms. The van der Waals surface area contributed by atoms with Gasteiger partial charge in [0, 0.05) is 18.2 Å². The SMILES string of the molecule is CCCCCCNC(=O)C1CSC(c2ccc(OC)c(OC)c2)N1C(=O)C1CC1. The quantitative estimate of drug-likeness (QED) is 0.584. The smallest absolute Gasteiger partial charge is 0.243 e. The maximum absolute atomic E-state index is 13.1. The molecule has 1 aliphatic carbocycles. The lowest BCUT2D eigenvalue weighted by molar-refractivity contribution is -0.140. The second-order valence-corrected chi connectivity index (χ2v) is 8.80. The molecular weight excluding hydrogens is 388 g/mol. The average molecular weight is 421 g/mol. The summed E-state index contributed by atoms with van der Waals surface area (Å²) in [6.45, 7) is 2.84. The molecule has 0 bridgehead atoms. The predicted octanol–water partition coefficient (Wildman–Crippen LogP) is 3.75. The van der Waals surface area contributed by atoms with Crippen molar-refractivity contribution in [2.75, 3.05) is 26.5 Å². The zero-order valence-corrected chi connectivity index (χ0v) is 18.4. The van der Waals surface area contributed by atoms with Crippen LogP contribution in [0.4, 0.5) is 0 Å². The molecule has 0 spiro atoms. The number of rotatable bonds is 10. The first-order valence-electron chi connectivity index (χ1n) is 10.5. The number of ether oxygens (including phenoxy) is 2. The van der Waals surface area contributed by atoms with Gasteiger partial charge in [0.25, 0.3) is 0 Å². The van der Waals surface area contributed by atoms with Gasteiger partial charge in [-0.1, -0.05) is 32.3 Å². The molecular formula is C22H32N2O4S. The van der Waals surface area contributed by atoms with Gasteiger partial charge >= 0.3 is 0 Å². The number of hydrogen-bond donors (Lipinski definition) is 1. The summed E-state index contributed by atoms with van der Waals surface area (Å²) in [7, 11) is 3.21. The maximum Gasteiger partial charge on any atom is 0.243 e.